The molecule has 0 N–H and O–H groups in total. The molecule has 0 aromatic rings. The van der Waals surface area contributed by atoms with E-state index in [1.165, 1.54) is 0 Å². The molecule has 0 heterocycles. The highest BCUT2D eigenvalue weighted by Crippen LogP contribution is 2.11. The van der Waals surface area contributed by atoms with Crippen LogP contribution in [0.1, 0.15) is 26.7 Å². The first kappa shape index (κ1) is 8.89. The molecule has 2 unspecified atom stereocenters. The van der Waals surface area contributed by atoms with E-state index in [2.05, 4.69) is 5.18 Å². The summed E-state index contributed by atoms with van der Waals surface area (Å²) in [6.07, 6.45) is 1.77. The van der Waals surface area contributed by atoms with Gasteiger partial charge in [-0.15, -0.1) is 11.6 Å². The van der Waals surface area contributed by atoms with Crippen molar-refractivity contribution in [1.29, 1.82) is 0 Å². The highest BCUT2D eigenvalue weighted by Gasteiger charge is 2.12. The van der Waals surface area contributed by atoms with Crippen LogP contribution in [0.5, 0.6) is 0 Å². The molecule has 0 spiro atoms. The van der Waals surface area contributed by atoms with Gasteiger partial charge < -0.3 is 0 Å². The standard InChI is InChI=1S/C6H12ClNO/c1-3-4-6(8-9)5(2)7/h5-6H,3-4H2,1-2H3. The van der Waals surface area contributed by atoms with Crippen LogP contribution in [-0.4, -0.2) is 11.4 Å². The largest absolute Gasteiger partial charge is 0.150 e. The lowest BCUT2D eigenvalue weighted by Gasteiger charge is -2.07. The topological polar surface area (TPSA) is 29.4 Å². The van der Waals surface area contributed by atoms with Gasteiger partial charge in [-0.1, -0.05) is 18.5 Å². The number of rotatable bonds is 4. The summed E-state index contributed by atoms with van der Waals surface area (Å²) < 4.78 is 0. The Balaban J connectivity index is 3.54. The smallest absolute Gasteiger partial charge is 0.108 e. The van der Waals surface area contributed by atoms with E-state index in [-0.39, 0.29) is 11.4 Å². The number of nitrogens with zero attached hydrogens (tertiary/aromatic N) is 1. The van der Waals surface area contributed by atoms with Gasteiger partial charge >= 0.3 is 0 Å². The fourth-order valence-corrected chi connectivity index (χ4v) is 0.834. The molecule has 0 aliphatic carbocycles. The first-order chi connectivity index (χ1) is 4.22. The Kier molecular flexibility index (Phi) is 4.68. The molecule has 9 heavy (non-hydrogen) atoms. The molecule has 0 aromatic heterocycles. The van der Waals surface area contributed by atoms with E-state index in [1.807, 2.05) is 6.92 Å². The number of hydrogen-bond donors (Lipinski definition) is 0. The van der Waals surface area contributed by atoms with E-state index in [0.717, 1.165) is 12.8 Å². The number of alkyl halides is 1. The third-order valence-corrected chi connectivity index (χ3v) is 1.54. The van der Waals surface area contributed by atoms with Gasteiger partial charge in [-0.3, -0.25) is 0 Å². The normalized spacial score (nSPS) is 16.8. The van der Waals surface area contributed by atoms with E-state index < -0.39 is 0 Å². The molecule has 0 bridgehead atoms. The summed E-state index contributed by atoms with van der Waals surface area (Å²) >= 11 is 5.63. The second-order valence-corrected chi connectivity index (χ2v) is 2.83. The third-order valence-electron chi connectivity index (χ3n) is 1.25. The Morgan fingerprint density at radius 2 is 2.22 bits per heavy atom. The summed E-state index contributed by atoms with van der Waals surface area (Å²) in [6, 6.07) is -0.198. The van der Waals surface area contributed by atoms with Crippen molar-refractivity contribution < 1.29 is 0 Å². The van der Waals surface area contributed by atoms with Crippen LogP contribution in [0.4, 0.5) is 0 Å². The van der Waals surface area contributed by atoms with E-state index in [4.69, 9.17) is 11.6 Å². The lowest BCUT2D eigenvalue weighted by molar-refractivity contribution is 0.591. The van der Waals surface area contributed by atoms with Gasteiger partial charge in [-0.25, -0.2) is 0 Å². The molecule has 54 valence electrons. The van der Waals surface area contributed by atoms with Gasteiger partial charge in [0.15, 0.2) is 0 Å². The summed E-state index contributed by atoms with van der Waals surface area (Å²) in [6.45, 7) is 3.81. The Bertz CT molecular complexity index is 85.1. The fourth-order valence-electron chi connectivity index (χ4n) is 0.662. The first-order valence-electron chi connectivity index (χ1n) is 3.19. The summed E-state index contributed by atoms with van der Waals surface area (Å²) in [7, 11) is 0. The minimum absolute atomic E-state index is 0.123. The molecular formula is C6H12ClNO. The van der Waals surface area contributed by atoms with Crippen molar-refractivity contribution in [1.82, 2.24) is 0 Å². The van der Waals surface area contributed by atoms with Crippen molar-refractivity contribution in [3.8, 4) is 0 Å². The zero-order valence-corrected chi connectivity index (χ0v) is 6.56. The Hall–Kier alpha value is -0.110. The van der Waals surface area contributed by atoms with Gasteiger partial charge in [0.05, 0.1) is 5.38 Å². The van der Waals surface area contributed by atoms with Crippen LogP contribution in [0.2, 0.25) is 0 Å². The van der Waals surface area contributed by atoms with Crippen LogP contribution in [0, 0.1) is 4.91 Å². The lowest BCUT2D eigenvalue weighted by Crippen LogP contribution is -2.14. The average molecular weight is 150 g/mol. The van der Waals surface area contributed by atoms with Crippen molar-refractivity contribution in [2.75, 3.05) is 0 Å². The fraction of sp³-hybridized carbons (Fsp3) is 1.00. The summed E-state index contributed by atoms with van der Waals surface area (Å²) in [5.41, 5.74) is 0. The number of hydrogen-bond acceptors (Lipinski definition) is 2. The molecule has 0 aromatic carbocycles. The predicted octanol–water partition coefficient (Wildman–Crippen LogP) is 2.55. The van der Waals surface area contributed by atoms with Crippen molar-refractivity contribution in [2.45, 2.75) is 38.1 Å². The second-order valence-electron chi connectivity index (χ2n) is 2.14. The van der Waals surface area contributed by atoms with Crippen LogP contribution in [0.3, 0.4) is 0 Å². The maximum absolute atomic E-state index is 10.0. The highest BCUT2D eigenvalue weighted by molar-refractivity contribution is 6.20. The summed E-state index contributed by atoms with van der Waals surface area (Å²) in [5, 5.41) is 2.77. The van der Waals surface area contributed by atoms with E-state index in [0.29, 0.717) is 0 Å². The van der Waals surface area contributed by atoms with Crippen LogP contribution < -0.4 is 0 Å². The molecule has 0 rings (SSSR count). The van der Waals surface area contributed by atoms with Gasteiger partial charge in [0.25, 0.3) is 0 Å². The minimum Gasteiger partial charge on any atom is -0.150 e. The SMILES string of the molecule is CCCC(N=O)C(C)Cl. The molecular weight excluding hydrogens is 138 g/mol. The van der Waals surface area contributed by atoms with Crippen molar-refractivity contribution in [3.63, 3.8) is 0 Å². The molecule has 0 aliphatic rings. The molecule has 0 saturated heterocycles. The molecule has 2 atom stereocenters. The molecule has 0 amide bonds. The Labute approximate surface area is 60.6 Å². The van der Waals surface area contributed by atoms with Crippen molar-refractivity contribution in [2.24, 2.45) is 5.18 Å². The minimum atomic E-state index is -0.198. The maximum atomic E-state index is 10.0. The average Bonchev–Trinajstić information content (AvgIpc) is 1.82. The van der Waals surface area contributed by atoms with E-state index in [9.17, 15) is 4.91 Å². The summed E-state index contributed by atoms with van der Waals surface area (Å²) in [5.74, 6) is 0. The van der Waals surface area contributed by atoms with E-state index >= 15 is 0 Å². The van der Waals surface area contributed by atoms with Gasteiger partial charge in [0.2, 0.25) is 0 Å². The zero-order chi connectivity index (χ0) is 7.28. The second kappa shape index (κ2) is 4.74. The van der Waals surface area contributed by atoms with Crippen LogP contribution >= 0.6 is 11.6 Å². The van der Waals surface area contributed by atoms with Crippen LogP contribution in [0.25, 0.3) is 0 Å². The monoisotopic (exact) mass is 149 g/mol. The molecule has 0 fully saturated rings. The third kappa shape index (κ3) is 3.46. The van der Waals surface area contributed by atoms with Crippen molar-refractivity contribution >= 4 is 11.6 Å². The van der Waals surface area contributed by atoms with Gasteiger partial charge in [0, 0.05) is 0 Å². The van der Waals surface area contributed by atoms with Gasteiger partial charge in [-0.05, 0) is 13.3 Å². The first-order valence-corrected chi connectivity index (χ1v) is 3.62. The molecule has 3 heteroatoms. The lowest BCUT2D eigenvalue weighted by atomic mass is 10.1. The molecule has 2 nitrogen and oxygen atoms in total. The van der Waals surface area contributed by atoms with Crippen molar-refractivity contribution in [3.05, 3.63) is 4.91 Å². The van der Waals surface area contributed by atoms with Gasteiger partial charge in [-0.2, -0.15) is 4.91 Å². The zero-order valence-electron chi connectivity index (χ0n) is 5.80. The predicted molar refractivity (Wildman–Crippen MR) is 39.8 cm³/mol. The van der Waals surface area contributed by atoms with Crippen LogP contribution in [0.15, 0.2) is 5.18 Å². The molecule has 0 radical (unpaired) electrons. The van der Waals surface area contributed by atoms with Gasteiger partial charge in [0.1, 0.15) is 6.04 Å². The number of nitroso groups, excluding NO2 is 1. The summed E-state index contributed by atoms with van der Waals surface area (Å²) in [4.78, 5) is 10.0. The molecule has 0 aliphatic heterocycles. The Morgan fingerprint density at radius 1 is 1.67 bits per heavy atom. The Morgan fingerprint density at radius 3 is 2.33 bits per heavy atom. The number of halogens is 1. The maximum Gasteiger partial charge on any atom is 0.108 e. The highest BCUT2D eigenvalue weighted by atomic mass is 35.5. The van der Waals surface area contributed by atoms with Crippen LogP contribution in [-0.2, 0) is 0 Å². The van der Waals surface area contributed by atoms with E-state index in [1.54, 1.807) is 6.92 Å². The quantitative estimate of drug-likeness (QED) is 0.446. The molecule has 0 saturated carbocycles.